The Morgan fingerprint density at radius 2 is 2.04 bits per heavy atom. The van der Waals surface area contributed by atoms with E-state index in [0.29, 0.717) is 5.56 Å². The van der Waals surface area contributed by atoms with E-state index in [-0.39, 0.29) is 12.7 Å². The van der Waals surface area contributed by atoms with E-state index in [4.69, 9.17) is 5.11 Å². The van der Waals surface area contributed by atoms with Crippen LogP contribution < -0.4 is 20.9 Å². The number of piperidine rings is 1. The molecule has 2 aliphatic rings. The molecular formula is C19H27N5O4. The summed E-state index contributed by atoms with van der Waals surface area (Å²) in [5.41, 5.74) is 1.43. The number of guanidine groups is 1. The van der Waals surface area contributed by atoms with Gasteiger partial charge in [0, 0.05) is 30.9 Å². The second-order valence-electron chi connectivity index (χ2n) is 6.97. The summed E-state index contributed by atoms with van der Waals surface area (Å²) >= 11 is 0. The van der Waals surface area contributed by atoms with Crippen molar-refractivity contribution >= 4 is 23.5 Å². The molecule has 5 N–H and O–H groups in total. The average Bonchev–Trinajstić information content (AvgIpc) is 2.73. The maximum absolute atomic E-state index is 12.1. The lowest BCUT2D eigenvalue weighted by Crippen LogP contribution is -2.55. The first kappa shape index (κ1) is 19.9. The predicted molar refractivity (Wildman–Crippen MR) is 105 cm³/mol. The predicted octanol–water partition coefficient (Wildman–Crippen LogP) is 0.117. The molecule has 0 aliphatic carbocycles. The van der Waals surface area contributed by atoms with Crippen molar-refractivity contribution in [2.45, 2.75) is 38.0 Å². The van der Waals surface area contributed by atoms with Crippen LogP contribution in [-0.4, -0.2) is 66.5 Å². The molecule has 0 radical (unpaired) electrons. The number of hydrogen-bond acceptors (Lipinski definition) is 7. The lowest BCUT2D eigenvalue weighted by atomic mass is 10.1. The first-order valence-corrected chi connectivity index (χ1v) is 9.65. The Morgan fingerprint density at radius 1 is 1.25 bits per heavy atom. The minimum absolute atomic E-state index is 0.142. The molecule has 3 rings (SSSR count). The number of hydrogen-bond donors (Lipinski definition) is 5. The number of aliphatic imine (C=N–C) groups is 1. The highest BCUT2D eigenvalue weighted by Gasteiger charge is 2.24. The fraction of sp³-hybridized carbons (Fsp3) is 0.526. The van der Waals surface area contributed by atoms with Crippen LogP contribution in [0.15, 0.2) is 29.3 Å². The summed E-state index contributed by atoms with van der Waals surface area (Å²) in [6.45, 7) is 2.35. The number of benzene rings is 1. The first-order valence-electron chi connectivity index (χ1n) is 9.65. The molecule has 0 saturated carbocycles. The highest BCUT2D eigenvalue weighted by molar-refractivity contribution is 5.94. The van der Waals surface area contributed by atoms with Gasteiger partial charge >= 0.3 is 5.97 Å². The monoisotopic (exact) mass is 389 g/mol. The molecule has 2 heterocycles. The molecule has 1 unspecified atom stereocenters. The quantitative estimate of drug-likeness (QED) is 0.468. The Bertz CT molecular complexity index is 722. The van der Waals surface area contributed by atoms with Crippen molar-refractivity contribution in [1.29, 1.82) is 0 Å². The molecule has 0 aromatic heterocycles. The lowest BCUT2D eigenvalue weighted by molar-refractivity contribution is -0.146. The molecule has 1 aromatic rings. The van der Waals surface area contributed by atoms with E-state index in [0.717, 1.165) is 57.0 Å². The topological polar surface area (TPSA) is 126 Å². The largest absolute Gasteiger partial charge is 0.479 e. The van der Waals surface area contributed by atoms with Crippen LogP contribution >= 0.6 is 0 Å². The third-order valence-corrected chi connectivity index (χ3v) is 4.91. The van der Waals surface area contributed by atoms with Gasteiger partial charge < -0.3 is 31.1 Å². The Balaban J connectivity index is 1.62. The molecule has 1 saturated heterocycles. The first-order chi connectivity index (χ1) is 13.5. The normalized spacial score (nSPS) is 20.5. The summed E-state index contributed by atoms with van der Waals surface area (Å²) in [6, 6.07) is 7.19. The fourth-order valence-corrected chi connectivity index (χ4v) is 3.36. The van der Waals surface area contributed by atoms with Crippen molar-refractivity contribution in [3.63, 3.8) is 0 Å². The average molecular weight is 389 g/mol. The van der Waals surface area contributed by atoms with Gasteiger partial charge in [-0.1, -0.05) is 0 Å². The van der Waals surface area contributed by atoms with Gasteiger partial charge in [0.1, 0.15) is 6.17 Å². The molecule has 0 bridgehead atoms. The summed E-state index contributed by atoms with van der Waals surface area (Å²) in [6.07, 6.45) is 2.84. The second kappa shape index (κ2) is 9.41. The molecule has 28 heavy (non-hydrogen) atoms. The van der Waals surface area contributed by atoms with Crippen molar-refractivity contribution in [3.05, 3.63) is 29.8 Å². The zero-order valence-electron chi connectivity index (χ0n) is 15.7. The fourth-order valence-electron chi connectivity index (χ4n) is 3.36. The number of carboxylic acids is 1. The number of nitrogens with zero attached hydrogens (tertiary/aromatic N) is 2. The highest BCUT2D eigenvalue weighted by Crippen LogP contribution is 2.24. The maximum atomic E-state index is 12.1. The number of carbonyl (C=O) groups is 2. The van der Waals surface area contributed by atoms with Crippen LogP contribution in [-0.2, 0) is 4.79 Å². The minimum atomic E-state index is -1.61. The molecule has 1 amide bonds. The summed E-state index contributed by atoms with van der Waals surface area (Å²) < 4.78 is 0. The number of amides is 1. The van der Waals surface area contributed by atoms with Crippen molar-refractivity contribution in [2.24, 2.45) is 4.99 Å². The van der Waals surface area contributed by atoms with Crippen LogP contribution in [0.2, 0.25) is 0 Å². The second-order valence-corrected chi connectivity index (χ2v) is 6.97. The number of carbonyl (C=O) groups excluding carboxylic acids is 1. The molecule has 9 heteroatoms. The maximum Gasteiger partial charge on any atom is 0.334 e. The molecule has 1 aromatic carbocycles. The van der Waals surface area contributed by atoms with Crippen molar-refractivity contribution in [1.82, 2.24) is 16.0 Å². The molecular weight excluding hydrogens is 362 g/mol. The van der Waals surface area contributed by atoms with Gasteiger partial charge in [0.15, 0.2) is 12.1 Å². The zero-order valence-corrected chi connectivity index (χ0v) is 15.7. The van der Waals surface area contributed by atoms with Gasteiger partial charge in [-0.15, -0.1) is 0 Å². The molecule has 2 atom stereocenters. The van der Waals surface area contributed by atoms with Crippen molar-refractivity contribution in [3.8, 4) is 0 Å². The Hall–Kier alpha value is -2.81. The highest BCUT2D eigenvalue weighted by atomic mass is 16.4. The number of aliphatic hydroxyl groups is 1. The third-order valence-electron chi connectivity index (χ3n) is 4.91. The third kappa shape index (κ3) is 5.13. The van der Waals surface area contributed by atoms with Crippen LogP contribution in [0.25, 0.3) is 0 Å². The number of anilines is 1. The van der Waals surface area contributed by atoms with E-state index in [9.17, 15) is 14.7 Å². The molecule has 9 nitrogen and oxygen atoms in total. The summed E-state index contributed by atoms with van der Waals surface area (Å²) in [7, 11) is 0. The Kier molecular flexibility index (Phi) is 6.70. The molecule has 1 fully saturated rings. The molecule has 152 valence electrons. The van der Waals surface area contributed by atoms with Gasteiger partial charge in [0.05, 0.1) is 6.54 Å². The summed E-state index contributed by atoms with van der Waals surface area (Å²) in [5, 5.41) is 27.1. The SMILES string of the molecule is O=C(NC[C@H](O)C(=O)O)c1ccc(N2CCCCC2NC2=NCCCN2)cc1. The van der Waals surface area contributed by atoms with Gasteiger partial charge in [-0.3, -0.25) is 9.79 Å². The van der Waals surface area contributed by atoms with Gasteiger partial charge in [-0.2, -0.15) is 0 Å². The summed E-state index contributed by atoms with van der Waals surface area (Å²) in [5.74, 6) is -0.937. The van der Waals surface area contributed by atoms with Gasteiger partial charge in [-0.05, 0) is 49.9 Å². The number of carboxylic acid groups (broad SMARTS) is 1. The minimum Gasteiger partial charge on any atom is -0.479 e. The number of nitrogens with one attached hydrogen (secondary N) is 3. The van der Waals surface area contributed by atoms with Gasteiger partial charge in [0.25, 0.3) is 5.91 Å². The Morgan fingerprint density at radius 3 is 2.71 bits per heavy atom. The smallest absolute Gasteiger partial charge is 0.334 e. The van der Waals surface area contributed by atoms with E-state index >= 15 is 0 Å². The van der Waals surface area contributed by atoms with E-state index in [1.54, 1.807) is 12.1 Å². The lowest BCUT2D eigenvalue weighted by Gasteiger charge is -2.39. The van der Waals surface area contributed by atoms with E-state index in [1.807, 2.05) is 12.1 Å². The van der Waals surface area contributed by atoms with Crippen LogP contribution in [0, 0.1) is 0 Å². The van der Waals surface area contributed by atoms with Crippen molar-refractivity contribution < 1.29 is 19.8 Å². The number of aliphatic hydroxyl groups excluding tert-OH is 1. The van der Waals surface area contributed by atoms with E-state index < -0.39 is 18.0 Å². The Labute approximate surface area is 163 Å². The van der Waals surface area contributed by atoms with Crippen LogP contribution in [0.1, 0.15) is 36.0 Å². The van der Waals surface area contributed by atoms with Crippen LogP contribution in [0.3, 0.4) is 0 Å². The number of rotatable bonds is 6. The molecule has 2 aliphatic heterocycles. The number of aliphatic carboxylic acids is 1. The van der Waals surface area contributed by atoms with Gasteiger partial charge in [-0.25, -0.2) is 4.79 Å². The zero-order chi connectivity index (χ0) is 19.9. The van der Waals surface area contributed by atoms with Crippen molar-refractivity contribution in [2.75, 3.05) is 31.1 Å². The van der Waals surface area contributed by atoms with Crippen LogP contribution in [0.4, 0.5) is 5.69 Å². The summed E-state index contributed by atoms with van der Waals surface area (Å²) in [4.78, 5) is 29.5. The van der Waals surface area contributed by atoms with E-state index in [1.165, 1.54) is 0 Å². The molecule has 0 spiro atoms. The standard InChI is InChI=1S/C19H27N5O4/c25-15(18(27)28)12-22-17(26)13-5-7-14(8-6-13)24-11-2-1-4-16(24)23-19-20-9-3-10-21-19/h5-8,15-16,25H,1-4,9-12H2,(H,22,26)(H,27,28)(H2,20,21,23)/t15-,16?/m0/s1. The van der Waals surface area contributed by atoms with Crippen LogP contribution in [0.5, 0.6) is 0 Å². The van der Waals surface area contributed by atoms with Gasteiger partial charge in [0.2, 0.25) is 0 Å². The van der Waals surface area contributed by atoms with E-state index in [2.05, 4.69) is 25.8 Å².